The zero-order chi connectivity index (χ0) is 19.5. The SMILES string of the molecule is Cn1cccc1-c1cc(C(=O)NCc2ccccc2)n(-c2ccccc2Cl)n1. The first-order valence-electron chi connectivity index (χ1n) is 8.92. The van der Waals surface area contributed by atoms with Gasteiger partial charge in [-0.25, -0.2) is 4.68 Å². The van der Waals surface area contributed by atoms with Crippen LogP contribution in [0.5, 0.6) is 0 Å². The number of rotatable bonds is 5. The van der Waals surface area contributed by atoms with Crippen LogP contribution in [0.25, 0.3) is 17.1 Å². The van der Waals surface area contributed by atoms with E-state index in [4.69, 9.17) is 11.6 Å². The normalized spacial score (nSPS) is 10.8. The molecule has 2 aromatic carbocycles. The number of hydrogen-bond acceptors (Lipinski definition) is 2. The highest BCUT2D eigenvalue weighted by molar-refractivity contribution is 6.32. The molecule has 0 saturated heterocycles. The smallest absolute Gasteiger partial charge is 0.270 e. The van der Waals surface area contributed by atoms with E-state index in [0.29, 0.717) is 28.6 Å². The molecule has 4 aromatic rings. The fourth-order valence-corrected chi connectivity index (χ4v) is 3.29. The van der Waals surface area contributed by atoms with E-state index < -0.39 is 0 Å². The van der Waals surface area contributed by atoms with Gasteiger partial charge in [0.25, 0.3) is 5.91 Å². The summed E-state index contributed by atoms with van der Waals surface area (Å²) in [5.41, 5.74) is 3.75. The molecule has 4 rings (SSSR count). The number of nitrogens with one attached hydrogen (secondary N) is 1. The first-order chi connectivity index (χ1) is 13.6. The summed E-state index contributed by atoms with van der Waals surface area (Å²) in [6, 6.07) is 22.8. The Morgan fingerprint density at radius 1 is 1.04 bits per heavy atom. The summed E-state index contributed by atoms with van der Waals surface area (Å²) in [5, 5.41) is 8.17. The number of para-hydroxylation sites is 1. The average molecular weight is 391 g/mol. The minimum Gasteiger partial charge on any atom is -0.349 e. The van der Waals surface area contributed by atoms with E-state index in [1.165, 1.54) is 0 Å². The molecule has 6 heteroatoms. The molecule has 0 unspecified atom stereocenters. The van der Waals surface area contributed by atoms with Gasteiger partial charge in [0.15, 0.2) is 0 Å². The third-order valence-corrected chi connectivity index (χ3v) is 4.84. The molecule has 1 amide bonds. The second-order valence-corrected chi connectivity index (χ2v) is 6.86. The Morgan fingerprint density at radius 2 is 1.79 bits per heavy atom. The number of halogens is 1. The van der Waals surface area contributed by atoms with Crippen LogP contribution in [0.4, 0.5) is 0 Å². The molecule has 0 radical (unpaired) electrons. The Hall–Kier alpha value is -3.31. The lowest BCUT2D eigenvalue weighted by molar-refractivity contribution is 0.0943. The van der Waals surface area contributed by atoms with Crippen molar-refractivity contribution in [3.05, 3.63) is 95.3 Å². The molecule has 5 nitrogen and oxygen atoms in total. The maximum absolute atomic E-state index is 13.0. The molecular formula is C22H19ClN4O. The Bertz CT molecular complexity index is 1110. The second-order valence-electron chi connectivity index (χ2n) is 6.45. The van der Waals surface area contributed by atoms with Gasteiger partial charge in [0.05, 0.1) is 16.4 Å². The quantitative estimate of drug-likeness (QED) is 0.547. The van der Waals surface area contributed by atoms with Gasteiger partial charge in [-0.2, -0.15) is 5.10 Å². The van der Waals surface area contributed by atoms with Crippen LogP contribution in [0.3, 0.4) is 0 Å². The number of amides is 1. The van der Waals surface area contributed by atoms with Crippen LogP contribution in [0.15, 0.2) is 79.0 Å². The molecule has 0 aliphatic rings. The van der Waals surface area contributed by atoms with Crippen molar-refractivity contribution in [2.45, 2.75) is 6.54 Å². The van der Waals surface area contributed by atoms with Gasteiger partial charge in [0, 0.05) is 19.8 Å². The zero-order valence-electron chi connectivity index (χ0n) is 15.3. The molecular weight excluding hydrogens is 372 g/mol. The molecule has 2 heterocycles. The molecule has 0 aliphatic carbocycles. The molecule has 1 N–H and O–H groups in total. The third-order valence-electron chi connectivity index (χ3n) is 4.52. The van der Waals surface area contributed by atoms with Gasteiger partial charge >= 0.3 is 0 Å². The number of benzene rings is 2. The van der Waals surface area contributed by atoms with Crippen LogP contribution >= 0.6 is 11.6 Å². The maximum Gasteiger partial charge on any atom is 0.270 e. The van der Waals surface area contributed by atoms with Gasteiger partial charge in [0.2, 0.25) is 0 Å². The largest absolute Gasteiger partial charge is 0.349 e. The van der Waals surface area contributed by atoms with Crippen molar-refractivity contribution in [1.82, 2.24) is 19.7 Å². The number of hydrogen-bond donors (Lipinski definition) is 1. The summed E-state index contributed by atoms with van der Waals surface area (Å²) >= 11 is 6.38. The monoisotopic (exact) mass is 390 g/mol. The summed E-state index contributed by atoms with van der Waals surface area (Å²) in [7, 11) is 1.94. The van der Waals surface area contributed by atoms with Crippen molar-refractivity contribution < 1.29 is 4.79 Å². The highest BCUT2D eigenvalue weighted by atomic mass is 35.5. The first-order valence-corrected chi connectivity index (χ1v) is 9.30. The van der Waals surface area contributed by atoms with E-state index in [0.717, 1.165) is 11.3 Å². The van der Waals surface area contributed by atoms with E-state index >= 15 is 0 Å². The van der Waals surface area contributed by atoms with Crippen molar-refractivity contribution in [3.8, 4) is 17.1 Å². The van der Waals surface area contributed by atoms with Crippen LogP contribution < -0.4 is 5.32 Å². The van der Waals surface area contributed by atoms with Crippen molar-refractivity contribution in [2.75, 3.05) is 0 Å². The molecule has 28 heavy (non-hydrogen) atoms. The highest BCUT2D eigenvalue weighted by Crippen LogP contribution is 2.25. The maximum atomic E-state index is 13.0. The lowest BCUT2D eigenvalue weighted by Gasteiger charge is -2.09. The number of aryl methyl sites for hydroxylation is 1. The van der Waals surface area contributed by atoms with Crippen LogP contribution in [0.2, 0.25) is 5.02 Å². The molecule has 0 atom stereocenters. The predicted molar refractivity (Wildman–Crippen MR) is 111 cm³/mol. The van der Waals surface area contributed by atoms with E-state index in [2.05, 4.69) is 10.4 Å². The molecule has 2 aromatic heterocycles. The Kier molecular flexibility index (Phi) is 5.00. The topological polar surface area (TPSA) is 51.9 Å². The second kappa shape index (κ2) is 7.74. The standard InChI is InChI=1S/C22H19ClN4O/c1-26-13-7-12-20(26)18-14-21(22(28)24-15-16-8-3-2-4-9-16)27(25-18)19-11-6-5-10-17(19)23/h2-14H,15H2,1H3,(H,24,28). The van der Waals surface area contributed by atoms with Crippen LogP contribution in [0, 0.1) is 0 Å². The molecule has 0 fully saturated rings. The van der Waals surface area contributed by atoms with Crippen molar-refractivity contribution in [2.24, 2.45) is 7.05 Å². The predicted octanol–water partition coefficient (Wildman–Crippen LogP) is 4.46. The highest BCUT2D eigenvalue weighted by Gasteiger charge is 2.19. The summed E-state index contributed by atoms with van der Waals surface area (Å²) < 4.78 is 3.57. The molecule has 140 valence electrons. The first kappa shape index (κ1) is 18.1. The van der Waals surface area contributed by atoms with Crippen LogP contribution in [-0.4, -0.2) is 20.3 Å². The Labute approximate surface area is 168 Å². The van der Waals surface area contributed by atoms with Gasteiger partial charge < -0.3 is 9.88 Å². The lowest BCUT2D eigenvalue weighted by atomic mass is 10.2. The molecule has 0 bridgehead atoms. The van der Waals surface area contributed by atoms with Gasteiger partial charge in [-0.3, -0.25) is 4.79 Å². The summed E-state index contributed by atoms with van der Waals surface area (Å²) in [6.45, 7) is 0.437. The van der Waals surface area contributed by atoms with Gasteiger partial charge in [-0.15, -0.1) is 0 Å². The summed E-state index contributed by atoms with van der Waals surface area (Å²) in [6.07, 6.45) is 1.94. The number of carbonyl (C=O) groups excluding carboxylic acids is 1. The Balaban J connectivity index is 1.72. The van der Waals surface area contributed by atoms with Crippen LogP contribution in [-0.2, 0) is 13.6 Å². The lowest BCUT2D eigenvalue weighted by Crippen LogP contribution is -2.25. The minimum absolute atomic E-state index is 0.211. The number of carbonyl (C=O) groups is 1. The fourth-order valence-electron chi connectivity index (χ4n) is 3.07. The molecule has 0 spiro atoms. The van der Waals surface area contributed by atoms with Crippen LogP contribution in [0.1, 0.15) is 16.1 Å². The van der Waals surface area contributed by atoms with Gasteiger partial charge in [-0.1, -0.05) is 54.1 Å². The molecule has 0 saturated carbocycles. The third kappa shape index (κ3) is 3.57. The summed E-state index contributed by atoms with van der Waals surface area (Å²) in [4.78, 5) is 13.0. The van der Waals surface area contributed by atoms with E-state index in [1.807, 2.05) is 78.5 Å². The van der Waals surface area contributed by atoms with Gasteiger partial charge in [-0.05, 0) is 35.9 Å². The molecule has 0 aliphatic heterocycles. The van der Waals surface area contributed by atoms with Crippen molar-refractivity contribution >= 4 is 17.5 Å². The number of nitrogens with zero attached hydrogens (tertiary/aromatic N) is 3. The average Bonchev–Trinajstić information content (AvgIpc) is 3.33. The number of aromatic nitrogens is 3. The summed E-state index contributed by atoms with van der Waals surface area (Å²) in [5.74, 6) is -0.211. The van der Waals surface area contributed by atoms with Crippen molar-refractivity contribution in [3.63, 3.8) is 0 Å². The van der Waals surface area contributed by atoms with E-state index in [-0.39, 0.29) is 5.91 Å². The minimum atomic E-state index is -0.211. The fraction of sp³-hybridized carbons (Fsp3) is 0.0909. The van der Waals surface area contributed by atoms with E-state index in [9.17, 15) is 4.79 Å². The van der Waals surface area contributed by atoms with Gasteiger partial charge in [0.1, 0.15) is 11.4 Å². The Morgan fingerprint density at radius 3 is 2.50 bits per heavy atom. The van der Waals surface area contributed by atoms with E-state index in [1.54, 1.807) is 16.8 Å². The zero-order valence-corrected chi connectivity index (χ0v) is 16.1. The van der Waals surface area contributed by atoms with Crippen molar-refractivity contribution in [1.29, 1.82) is 0 Å².